The van der Waals surface area contributed by atoms with Gasteiger partial charge in [0, 0.05) is 6.42 Å². The lowest BCUT2D eigenvalue weighted by Crippen LogP contribution is -2.46. The lowest BCUT2D eigenvalue weighted by Gasteiger charge is -2.34. The van der Waals surface area contributed by atoms with Gasteiger partial charge in [-0.15, -0.1) is 0 Å². The van der Waals surface area contributed by atoms with Crippen LogP contribution in [0.5, 0.6) is 0 Å². The lowest BCUT2D eigenvalue weighted by atomic mass is 10.2. The second-order valence-electron chi connectivity index (χ2n) is 4.24. The molecule has 1 N–H and O–H groups in total. The van der Waals surface area contributed by atoms with Crippen molar-refractivity contribution >= 4 is 10.1 Å². The fourth-order valence-electron chi connectivity index (χ4n) is 0.913. The van der Waals surface area contributed by atoms with Crippen molar-refractivity contribution in [3.8, 4) is 0 Å². The summed E-state index contributed by atoms with van der Waals surface area (Å²) < 4.78 is 30.2. The van der Waals surface area contributed by atoms with E-state index < -0.39 is 10.1 Å². The van der Waals surface area contributed by atoms with E-state index in [4.69, 9.17) is 4.55 Å². The molecule has 4 nitrogen and oxygen atoms in total. The maximum Gasteiger partial charge on any atom is 0.265 e. The van der Waals surface area contributed by atoms with Gasteiger partial charge in [-0.05, 0) is 13.8 Å². The second kappa shape index (κ2) is 4.39. The first kappa shape index (κ1) is 12.9. The predicted molar refractivity (Wildman–Crippen MR) is 53.1 cm³/mol. The third kappa shape index (κ3) is 6.01. The average Bonchev–Trinajstić information content (AvgIpc) is 1.82. The number of quaternary nitrogens is 1. The zero-order valence-electron chi connectivity index (χ0n) is 8.82. The molecule has 0 rings (SSSR count). The zero-order chi connectivity index (χ0) is 10.7. The minimum atomic E-state index is -3.78. The van der Waals surface area contributed by atoms with Crippen molar-refractivity contribution in [2.45, 2.75) is 26.3 Å². The van der Waals surface area contributed by atoms with Crippen LogP contribution in [-0.4, -0.2) is 49.9 Å². The topological polar surface area (TPSA) is 54.4 Å². The van der Waals surface area contributed by atoms with Gasteiger partial charge in [0.05, 0.1) is 32.4 Å². The van der Waals surface area contributed by atoms with Crippen LogP contribution in [0.15, 0.2) is 0 Å². The van der Waals surface area contributed by atoms with Gasteiger partial charge in [-0.1, -0.05) is 0 Å². The largest absolute Gasteiger partial charge is 0.326 e. The van der Waals surface area contributed by atoms with Crippen molar-refractivity contribution < 1.29 is 17.5 Å². The molecule has 13 heavy (non-hydrogen) atoms. The highest BCUT2D eigenvalue weighted by Crippen LogP contribution is 2.07. The number of rotatable bonds is 5. The molecule has 0 unspecified atom stereocenters. The van der Waals surface area contributed by atoms with Crippen LogP contribution in [0.1, 0.15) is 20.3 Å². The third-order valence-corrected chi connectivity index (χ3v) is 3.34. The Hall–Kier alpha value is -0.130. The summed E-state index contributed by atoms with van der Waals surface area (Å²) >= 11 is 0. The summed E-state index contributed by atoms with van der Waals surface area (Å²) in [4.78, 5) is 0. The van der Waals surface area contributed by atoms with Crippen LogP contribution in [0.4, 0.5) is 0 Å². The molecule has 0 fully saturated rings. The molecule has 0 atom stereocenters. The molecule has 0 heterocycles. The molecular weight excluding hydrogens is 190 g/mol. The molecule has 80 valence electrons. The Kier molecular flexibility index (Phi) is 4.35. The van der Waals surface area contributed by atoms with Gasteiger partial charge in [0.1, 0.15) is 0 Å². The Morgan fingerprint density at radius 2 is 1.77 bits per heavy atom. The fourth-order valence-corrected chi connectivity index (χ4v) is 1.41. The summed E-state index contributed by atoms with van der Waals surface area (Å²) in [5.74, 6) is -0.138. The molecule has 0 radical (unpaired) electrons. The number of hydrogen-bond donors (Lipinski definition) is 1. The van der Waals surface area contributed by atoms with Crippen LogP contribution in [0.25, 0.3) is 0 Å². The van der Waals surface area contributed by atoms with E-state index >= 15 is 0 Å². The van der Waals surface area contributed by atoms with Gasteiger partial charge < -0.3 is 4.48 Å². The minimum absolute atomic E-state index is 0.138. The highest BCUT2D eigenvalue weighted by molar-refractivity contribution is 7.85. The highest BCUT2D eigenvalue weighted by atomic mass is 32.2. The Labute approximate surface area is 80.9 Å². The second-order valence-corrected chi connectivity index (χ2v) is 5.81. The van der Waals surface area contributed by atoms with Gasteiger partial charge in [-0.3, -0.25) is 4.55 Å². The Bertz CT molecular complexity index is 244. The number of nitrogens with zero attached hydrogens (tertiary/aromatic N) is 1. The van der Waals surface area contributed by atoms with E-state index in [0.717, 1.165) is 11.0 Å². The molecule has 0 saturated carbocycles. The Balaban J connectivity index is 3.90. The molecule has 0 aromatic heterocycles. The van der Waals surface area contributed by atoms with Crippen LogP contribution in [0.3, 0.4) is 0 Å². The van der Waals surface area contributed by atoms with Crippen molar-refractivity contribution in [3.63, 3.8) is 0 Å². The van der Waals surface area contributed by atoms with Gasteiger partial charge in [0.25, 0.3) is 10.1 Å². The smallest absolute Gasteiger partial charge is 0.265 e. The molecule has 0 amide bonds. The van der Waals surface area contributed by atoms with E-state index in [9.17, 15) is 8.42 Å². The molecule has 0 spiro atoms. The van der Waals surface area contributed by atoms with Crippen LogP contribution in [-0.2, 0) is 10.1 Å². The summed E-state index contributed by atoms with van der Waals surface area (Å²) in [5.41, 5.74) is 0. The first-order valence-corrected chi connectivity index (χ1v) is 6.04. The van der Waals surface area contributed by atoms with Crippen LogP contribution >= 0.6 is 0 Å². The molecule has 5 heteroatoms. The van der Waals surface area contributed by atoms with Gasteiger partial charge in [-0.2, -0.15) is 8.42 Å². The summed E-state index contributed by atoms with van der Waals surface area (Å²) in [5, 5.41) is 0. The zero-order valence-corrected chi connectivity index (χ0v) is 9.63. The molecule has 0 aromatic rings. The summed E-state index contributed by atoms with van der Waals surface area (Å²) in [6.07, 6.45) is 0.504. The maximum atomic E-state index is 10.4. The van der Waals surface area contributed by atoms with Gasteiger partial charge in [0.15, 0.2) is 0 Å². The lowest BCUT2D eigenvalue weighted by molar-refractivity contribution is -0.911. The first-order valence-electron chi connectivity index (χ1n) is 4.43. The molecule has 0 aliphatic rings. The van der Waals surface area contributed by atoms with E-state index in [-0.39, 0.29) is 5.75 Å². The van der Waals surface area contributed by atoms with Crippen molar-refractivity contribution in [1.29, 1.82) is 0 Å². The van der Waals surface area contributed by atoms with Gasteiger partial charge >= 0.3 is 0 Å². The normalized spacial score (nSPS) is 13.7. The fraction of sp³-hybridized carbons (Fsp3) is 1.00. The molecular formula is C8H20NO3S+. The van der Waals surface area contributed by atoms with E-state index in [1.165, 1.54) is 0 Å². The van der Waals surface area contributed by atoms with Gasteiger partial charge in [0.2, 0.25) is 0 Å². The first-order chi connectivity index (χ1) is 5.65. The summed E-state index contributed by atoms with van der Waals surface area (Å²) in [7, 11) is 0.318. The molecule has 0 aliphatic carbocycles. The van der Waals surface area contributed by atoms with Crippen molar-refractivity contribution in [2.75, 3.05) is 26.4 Å². The van der Waals surface area contributed by atoms with Crippen molar-refractivity contribution in [3.05, 3.63) is 0 Å². The summed E-state index contributed by atoms with van der Waals surface area (Å²) in [6.45, 7) is 4.94. The third-order valence-electron chi connectivity index (χ3n) is 2.53. The van der Waals surface area contributed by atoms with E-state index in [0.29, 0.717) is 12.5 Å². The van der Waals surface area contributed by atoms with Crippen molar-refractivity contribution in [1.82, 2.24) is 0 Å². The van der Waals surface area contributed by atoms with Crippen molar-refractivity contribution in [2.24, 2.45) is 0 Å². The molecule has 0 saturated heterocycles. The van der Waals surface area contributed by atoms with Gasteiger partial charge in [-0.25, -0.2) is 0 Å². The van der Waals surface area contributed by atoms with Crippen LogP contribution in [0, 0.1) is 0 Å². The minimum Gasteiger partial charge on any atom is -0.326 e. The Morgan fingerprint density at radius 3 is 2.08 bits per heavy atom. The quantitative estimate of drug-likeness (QED) is 0.538. The standard InChI is InChI=1S/C8H19NO3S/c1-8(2)9(3,4)6-5-7-13(10,11)12/h8H,5-7H2,1-4H3/p+1. The van der Waals surface area contributed by atoms with E-state index in [1.807, 2.05) is 0 Å². The summed E-state index contributed by atoms with van der Waals surface area (Å²) in [6, 6.07) is 0.460. The SMILES string of the molecule is CC(C)[N+](C)(C)CCCS(=O)(=O)O. The molecule has 0 aromatic carbocycles. The van der Waals surface area contributed by atoms with Crippen LogP contribution < -0.4 is 0 Å². The monoisotopic (exact) mass is 210 g/mol. The van der Waals surface area contributed by atoms with E-state index in [2.05, 4.69) is 27.9 Å². The molecule has 0 aliphatic heterocycles. The average molecular weight is 210 g/mol. The van der Waals surface area contributed by atoms with E-state index in [1.54, 1.807) is 0 Å². The molecule has 0 bridgehead atoms. The highest BCUT2D eigenvalue weighted by Gasteiger charge is 2.19. The Morgan fingerprint density at radius 1 is 1.31 bits per heavy atom. The predicted octanol–water partition coefficient (Wildman–Crippen LogP) is 0.749. The van der Waals surface area contributed by atoms with Crippen LogP contribution in [0.2, 0.25) is 0 Å². The number of hydrogen-bond acceptors (Lipinski definition) is 2. The maximum absolute atomic E-state index is 10.4.